The van der Waals surface area contributed by atoms with E-state index in [1.54, 1.807) is 12.1 Å². The molecule has 1 aromatic heterocycles. The van der Waals surface area contributed by atoms with E-state index in [2.05, 4.69) is 15.5 Å². The zero-order valence-electron chi connectivity index (χ0n) is 21.6. The van der Waals surface area contributed by atoms with Gasteiger partial charge in [-0.25, -0.2) is 0 Å². The number of amides is 2. The lowest BCUT2D eigenvalue weighted by atomic mass is 9.77. The van der Waals surface area contributed by atoms with Crippen LogP contribution < -0.4 is 15.4 Å². The van der Waals surface area contributed by atoms with Gasteiger partial charge in [0.15, 0.2) is 12.4 Å². The number of carbonyl (C=O) groups excluding carboxylic acids is 2. The Balaban J connectivity index is 1.30. The number of likely N-dealkylation sites (tertiary alicyclic amines) is 1. The van der Waals surface area contributed by atoms with E-state index < -0.39 is 29.2 Å². The fourth-order valence-corrected chi connectivity index (χ4v) is 5.44. The van der Waals surface area contributed by atoms with Gasteiger partial charge < -0.3 is 25.7 Å². The second kappa shape index (κ2) is 11.9. The van der Waals surface area contributed by atoms with Crippen molar-refractivity contribution in [2.45, 2.75) is 62.6 Å². The standard InChI is InChI=1S/C27H33F3N4O5/c1-2-39-23-17-33(21-6-10-26(37,11-7-21)19-8-12-34(38)13-9-19)16-22(23)32-24(35)15-31-25(36)18-4-3-5-20(14-18)27(28,29)30/h3-5,8-9,12-14,21-23,37H,2,6-7,10-11,15-17H2,1H3,(H,31,36)(H,32,35)/t21?,22-,23-,26?/m0/s1. The normalized spacial score (nSPS) is 25.8. The van der Waals surface area contributed by atoms with Crippen LogP contribution in [0.25, 0.3) is 0 Å². The molecule has 1 aromatic carbocycles. The summed E-state index contributed by atoms with van der Waals surface area (Å²) in [7, 11) is 0. The molecule has 1 aliphatic carbocycles. The second-order valence-electron chi connectivity index (χ2n) is 10.1. The maximum atomic E-state index is 12.9. The molecule has 2 fully saturated rings. The van der Waals surface area contributed by atoms with E-state index in [9.17, 15) is 33.1 Å². The van der Waals surface area contributed by atoms with Crippen LogP contribution >= 0.6 is 0 Å². The van der Waals surface area contributed by atoms with E-state index in [1.165, 1.54) is 18.5 Å². The average Bonchev–Trinajstić information content (AvgIpc) is 3.29. The van der Waals surface area contributed by atoms with Crippen molar-refractivity contribution in [3.05, 3.63) is 70.7 Å². The molecule has 3 N–H and O–H groups in total. The molecule has 1 aliphatic heterocycles. The molecular weight excluding hydrogens is 517 g/mol. The molecule has 39 heavy (non-hydrogen) atoms. The van der Waals surface area contributed by atoms with Crippen LogP contribution in [-0.4, -0.2) is 66.2 Å². The van der Waals surface area contributed by atoms with Crippen LogP contribution in [0.3, 0.4) is 0 Å². The first kappa shape index (κ1) is 28.8. The largest absolute Gasteiger partial charge is 0.619 e. The average molecular weight is 551 g/mol. The van der Waals surface area contributed by atoms with Gasteiger partial charge >= 0.3 is 6.18 Å². The number of hydrogen-bond donors (Lipinski definition) is 3. The van der Waals surface area contributed by atoms with E-state index in [0.717, 1.165) is 36.6 Å². The number of hydrogen-bond acceptors (Lipinski definition) is 6. The summed E-state index contributed by atoms with van der Waals surface area (Å²) in [5.74, 6) is -1.24. The van der Waals surface area contributed by atoms with Gasteiger partial charge in [-0.1, -0.05) is 6.07 Å². The molecular formula is C27H33F3N4O5. The number of carbonyl (C=O) groups is 2. The quantitative estimate of drug-likeness (QED) is 0.342. The van der Waals surface area contributed by atoms with Crippen molar-refractivity contribution in [2.24, 2.45) is 0 Å². The smallest absolute Gasteiger partial charge is 0.416 e. The number of benzene rings is 1. The van der Waals surface area contributed by atoms with Gasteiger partial charge in [-0.2, -0.15) is 17.9 Å². The van der Waals surface area contributed by atoms with Crippen LogP contribution in [0.2, 0.25) is 0 Å². The predicted molar refractivity (Wildman–Crippen MR) is 134 cm³/mol. The van der Waals surface area contributed by atoms with E-state index in [4.69, 9.17) is 4.74 Å². The Bertz CT molecular complexity index is 1150. The number of aliphatic hydroxyl groups is 1. The van der Waals surface area contributed by atoms with Crippen molar-refractivity contribution in [3.8, 4) is 0 Å². The Hall–Kier alpha value is -3.22. The maximum Gasteiger partial charge on any atom is 0.416 e. The minimum absolute atomic E-state index is 0.183. The Morgan fingerprint density at radius 2 is 1.87 bits per heavy atom. The van der Waals surface area contributed by atoms with E-state index >= 15 is 0 Å². The van der Waals surface area contributed by atoms with E-state index in [-0.39, 0.29) is 30.3 Å². The van der Waals surface area contributed by atoms with Crippen molar-refractivity contribution < 1.29 is 37.3 Å². The van der Waals surface area contributed by atoms with E-state index in [0.29, 0.717) is 37.3 Å². The summed E-state index contributed by atoms with van der Waals surface area (Å²) >= 11 is 0. The van der Waals surface area contributed by atoms with Gasteiger partial charge in [-0.15, -0.1) is 0 Å². The molecule has 2 aromatic rings. The highest BCUT2D eigenvalue weighted by Crippen LogP contribution is 2.39. The van der Waals surface area contributed by atoms with Gasteiger partial charge in [0.1, 0.15) is 0 Å². The predicted octanol–water partition coefficient (Wildman–Crippen LogP) is 2.10. The molecule has 2 atom stereocenters. The van der Waals surface area contributed by atoms with Gasteiger partial charge in [-0.3, -0.25) is 14.5 Å². The highest BCUT2D eigenvalue weighted by molar-refractivity contribution is 5.96. The molecule has 4 rings (SSSR count). The third kappa shape index (κ3) is 7.06. The molecule has 2 amide bonds. The fourth-order valence-electron chi connectivity index (χ4n) is 5.44. The summed E-state index contributed by atoms with van der Waals surface area (Å²) in [6.07, 6.45) is 0.453. The number of pyridine rings is 1. The van der Waals surface area contributed by atoms with Crippen LogP contribution in [0, 0.1) is 5.21 Å². The lowest BCUT2D eigenvalue weighted by Gasteiger charge is -2.39. The number of rotatable bonds is 8. The SMILES string of the molecule is CCO[C@H]1CN(C2CCC(O)(c3cc[n+]([O-])cc3)CC2)C[C@@H]1NC(=O)CNC(=O)c1cccc(C(F)(F)F)c1. The number of nitrogens with one attached hydrogen (secondary N) is 2. The topological polar surface area (TPSA) is 118 Å². The van der Waals surface area contributed by atoms with Crippen molar-refractivity contribution in [1.29, 1.82) is 0 Å². The van der Waals surface area contributed by atoms with Crippen molar-refractivity contribution >= 4 is 11.8 Å². The minimum Gasteiger partial charge on any atom is -0.619 e. The summed E-state index contributed by atoms with van der Waals surface area (Å²) in [6, 6.07) is 7.17. The summed E-state index contributed by atoms with van der Waals surface area (Å²) in [5.41, 5.74) is -1.39. The summed E-state index contributed by atoms with van der Waals surface area (Å²) in [6.45, 7) is 3.06. The molecule has 1 saturated heterocycles. The van der Waals surface area contributed by atoms with Crippen LogP contribution in [-0.2, 0) is 21.3 Å². The van der Waals surface area contributed by atoms with Gasteiger partial charge in [0.25, 0.3) is 5.91 Å². The minimum atomic E-state index is -4.57. The molecule has 0 unspecified atom stereocenters. The zero-order chi connectivity index (χ0) is 28.2. The fraction of sp³-hybridized carbons (Fsp3) is 0.519. The highest BCUT2D eigenvalue weighted by atomic mass is 19.4. The van der Waals surface area contributed by atoms with Crippen molar-refractivity contribution in [3.63, 3.8) is 0 Å². The molecule has 0 spiro atoms. The van der Waals surface area contributed by atoms with Crippen LogP contribution in [0.1, 0.15) is 54.1 Å². The Morgan fingerprint density at radius 3 is 2.51 bits per heavy atom. The Morgan fingerprint density at radius 1 is 1.18 bits per heavy atom. The molecule has 12 heteroatoms. The molecule has 1 saturated carbocycles. The van der Waals surface area contributed by atoms with E-state index in [1.807, 2.05) is 6.92 Å². The number of ether oxygens (including phenoxy) is 1. The van der Waals surface area contributed by atoms with Gasteiger partial charge in [0, 0.05) is 43.4 Å². The Kier molecular flexibility index (Phi) is 8.77. The highest BCUT2D eigenvalue weighted by Gasteiger charge is 2.42. The van der Waals surface area contributed by atoms with Crippen molar-refractivity contribution in [2.75, 3.05) is 26.2 Å². The zero-order valence-corrected chi connectivity index (χ0v) is 21.6. The summed E-state index contributed by atoms with van der Waals surface area (Å²) < 4.78 is 45.3. The summed E-state index contributed by atoms with van der Waals surface area (Å²) in [5, 5.41) is 27.7. The van der Waals surface area contributed by atoms with Gasteiger partial charge in [-0.05, 0) is 56.4 Å². The first-order valence-electron chi connectivity index (χ1n) is 13.0. The van der Waals surface area contributed by atoms with Crippen LogP contribution in [0.5, 0.6) is 0 Å². The van der Waals surface area contributed by atoms with Crippen LogP contribution in [0.4, 0.5) is 13.2 Å². The van der Waals surface area contributed by atoms with Gasteiger partial charge in [0.05, 0.1) is 29.9 Å². The monoisotopic (exact) mass is 550 g/mol. The third-order valence-corrected chi connectivity index (χ3v) is 7.52. The Labute approximate surface area is 224 Å². The second-order valence-corrected chi connectivity index (χ2v) is 10.1. The molecule has 0 radical (unpaired) electrons. The lowest BCUT2D eigenvalue weighted by molar-refractivity contribution is -0.605. The summed E-state index contributed by atoms with van der Waals surface area (Å²) in [4.78, 5) is 27.2. The number of nitrogens with zero attached hydrogens (tertiary/aromatic N) is 2. The number of alkyl halides is 3. The first-order valence-corrected chi connectivity index (χ1v) is 13.0. The molecule has 2 heterocycles. The molecule has 2 aliphatic rings. The lowest BCUT2D eigenvalue weighted by Crippen LogP contribution is -2.48. The number of aromatic nitrogens is 1. The molecule has 212 valence electrons. The van der Waals surface area contributed by atoms with Gasteiger partial charge in [0.2, 0.25) is 5.91 Å². The van der Waals surface area contributed by atoms with Crippen LogP contribution in [0.15, 0.2) is 48.8 Å². The van der Waals surface area contributed by atoms with Crippen molar-refractivity contribution in [1.82, 2.24) is 15.5 Å². The molecule has 0 bridgehead atoms. The molecule has 9 nitrogen and oxygen atoms in total. The maximum absolute atomic E-state index is 12.9. The third-order valence-electron chi connectivity index (χ3n) is 7.52. The number of halogens is 3. The first-order chi connectivity index (χ1) is 18.5.